The van der Waals surface area contributed by atoms with Gasteiger partial charge in [0, 0.05) is 5.56 Å². The Hall–Kier alpha value is -2.24. The monoisotopic (exact) mass is 237 g/mol. The number of pyridine rings is 1. The van der Waals surface area contributed by atoms with E-state index in [0.29, 0.717) is 0 Å². The molecule has 0 aliphatic heterocycles. The molecule has 6 nitrogen and oxygen atoms in total. The summed E-state index contributed by atoms with van der Waals surface area (Å²) in [6.45, 7) is 1.32. The number of carbonyl (C=O) groups is 3. The van der Waals surface area contributed by atoms with Crippen LogP contribution in [-0.4, -0.2) is 36.9 Å². The lowest BCUT2D eigenvalue weighted by atomic mass is 10.1. The van der Waals surface area contributed by atoms with Crippen molar-refractivity contribution in [1.29, 1.82) is 0 Å². The molecule has 0 aliphatic rings. The van der Waals surface area contributed by atoms with E-state index >= 15 is 0 Å². The number of ether oxygens (including phenoxy) is 2. The normalized spacial score (nSPS) is 9.59. The fourth-order valence-corrected chi connectivity index (χ4v) is 1.15. The number of Topliss-reactive ketones (excluding diaryl/α,β-unsaturated/α-hetero) is 1. The highest BCUT2D eigenvalue weighted by Gasteiger charge is 2.16. The van der Waals surface area contributed by atoms with Crippen molar-refractivity contribution < 1.29 is 23.9 Å². The molecule has 0 amide bonds. The number of rotatable bonds is 3. The van der Waals surface area contributed by atoms with E-state index in [0.717, 1.165) is 0 Å². The Morgan fingerprint density at radius 2 is 1.41 bits per heavy atom. The fourth-order valence-electron chi connectivity index (χ4n) is 1.15. The summed E-state index contributed by atoms with van der Waals surface area (Å²) < 4.78 is 8.95. The van der Waals surface area contributed by atoms with E-state index in [1.165, 1.54) is 33.3 Å². The molecule has 0 N–H and O–H groups in total. The molecule has 0 fully saturated rings. The smallest absolute Gasteiger partial charge is 0.356 e. The average Bonchev–Trinajstić information content (AvgIpc) is 2.36. The summed E-state index contributed by atoms with van der Waals surface area (Å²) >= 11 is 0. The lowest BCUT2D eigenvalue weighted by molar-refractivity contribution is 0.0586. The summed E-state index contributed by atoms with van der Waals surface area (Å²) in [6.07, 6.45) is 0. The van der Waals surface area contributed by atoms with E-state index in [4.69, 9.17) is 0 Å². The van der Waals surface area contributed by atoms with E-state index in [9.17, 15) is 14.4 Å². The molecule has 1 aromatic heterocycles. The van der Waals surface area contributed by atoms with Gasteiger partial charge in [-0.3, -0.25) is 4.79 Å². The fraction of sp³-hybridized carbons (Fsp3) is 0.273. The maximum Gasteiger partial charge on any atom is 0.356 e. The minimum atomic E-state index is -0.724. The van der Waals surface area contributed by atoms with Crippen LogP contribution in [0.4, 0.5) is 0 Å². The van der Waals surface area contributed by atoms with Crippen LogP contribution in [0.3, 0.4) is 0 Å². The maximum atomic E-state index is 11.3. The number of esters is 2. The summed E-state index contributed by atoms with van der Waals surface area (Å²) in [5.41, 5.74) is -0.0259. The predicted octanol–water partition coefficient (Wildman–Crippen LogP) is 0.857. The third-order valence-corrected chi connectivity index (χ3v) is 2.02. The number of hydrogen-bond donors (Lipinski definition) is 0. The van der Waals surface area contributed by atoms with E-state index in [1.807, 2.05) is 0 Å². The van der Waals surface area contributed by atoms with Crippen molar-refractivity contribution in [2.45, 2.75) is 6.92 Å². The van der Waals surface area contributed by atoms with Crippen LogP contribution in [0.2, 0.25) is 0 Å². The van der Waals surface area contributed by atoms with E-state index in [-0.39, 0.29) is 22.7 Å². The van der Waals surface area contributed by atoms with Gasteiger partial charge in [0.25, 0.3) is 0 Å². The van der Waals surface area contributed by atoms with Crippen LogP contribution in [0.1, 0.15) is 38.3 Å². The van der Waals surface area contributed by atoms with Crippen LogP contribution in [-0.2, 0) is 9.47 Å². The Morgan fingerprint density at radius 3 is 1.71 bits per heavy atom. The van der Waals surface area contributed by atoms with Gasteiger partial charge in [-0.05, 0) is 19.1 Å². The molecule has 0 aromatic carbocycles. The molecule has 0 radical (unpaired) electrons. The summed E-state index contributed by atoms with van der Waals surface area (Å²) in [5.74, 6) is -1.74. The molecule has 1 rings (SSSR count). The number of ketones is 1. The number of carbonyl (C=O) groups excluding carboxylic acids is 3. The molecule has 6 heteroatoms. The second kappa shape index (κ2) is 5.20. The summed E-state index contributed by atoms with van der Waals surface area (Å²) in [7, 11) is 2.37. The Bertz CT molecular complexity index is 447. The SMILES string of the molecule is COC(=O)c1cc(C(C)=O)cc(C(=O)OC)n1. The molecule has 1 aromatic rings. The van der Waals surface area contributed by atoms with Crippen molar-refractivity contribution in [2.24, 2.45) is 0 Å². The molecule has 0 saturated carbocycles. The average molecular weight is 237 g/mol. The topological polar surface area (TPSA) is 82.6 Å². The predicted molar refractivity (Wildman–Crippen MR) is 56.9 cm³/mol. The van der Waals surface area contributed by atoms with Gasteiger partial charge in [0.05, 0.1) is 14.2 Å². The first-order valence-corrected chi connectivity index (χ1v) is 4.69. The van der Waals surface area contributed by atoms with Crippen LogP contribution >= 0.6 is 0 Å². The number of methoxy groups -OCH3 is 2. The molecule has 90 valence electrons. The van der Waals surface area contributed by atoms with E-state index in [2.05, 4.69) is 14.5 Å². The highest BCUT2D eigenvalue weighted by Crippen LogP contribution is 2.09. The summed E-state index contributed by atoms with van der Waals surface area (Å²) in [4.78, 5) is 37.6. The minimum absolute atomic E-state index is 0.111. The Labute approximate surface area is 97.6 Å². The molecule has 0 saturated heterocycles. The highest BCUT2D eigenvalue weighted by molar-refractivity contribution is 5.99. The summed E-state index contributed by atoms with van der Waals surface area (Å²) in [6, 6.07) is 2.53. The van der Waals surface area contributed by atoms with Crippen LogP contribution in [0.25, 0.3) is 0 Å². The maximum absolute atomic E-state index is 11.3. The van der Waals surface area contributed by atoms with E-state index < -0.39 is 11.9 Å². The first kappa shape index (κ1) is 12.8. The zero-order valence-electron chi connectivity index (χ0n) is 9.64. The van der Waals surface area contributed by atoms with Crippen LogP contribution in [0.15, 0.2) is 12.1 Å². The molecule has 0 spiro atoms. The second-order valence-corrected chi connectivity index (χ2v) is 3.17. The number of aromatic nitrogens is 1. The van der Waals surface area contributed by atoms with Gasteiger partial charge in [0.15, 0.2) is 5.78 Å². The van der Waals surface area contributed by atoms with Crippen LogP contribution in [0, 0.1) is 0 Å². The van der Waals surface area contributed by atoms with Crippen molar-refractivity contribution in [3.8, 4) is 0 Å². The van der Waals surface area contributed by atoms with Gasteiger partial charge >= 0.3 is 11.9 Å². The van der Waals surface area contributed by atoms with Crippen LogP contribution < -0.4 is 0 Å². The zero-order chi connectivity index (χ0) is 13.0. The highest BCUT2D eigenvalue weighted by atomic mass is 16.5. The van der Waals surface area contributed by atoms with Gasteiger partial charge in [-0.1, -0.05) is 0 Å². The molecular formula is C11H11NO5. The standard InChI is InChI=1S/C11H11NO5/c1-6(13)7-4-8(10(14)16-2)12-9(5-7)11(15)17-3/h4-5H,1-3H3. The third-order valence-electron chi connectivity index (χ3n) is 2.02. The Morgan fingerprint density at radius 1 is 1.00 bits per heavy atom. The van der Waals surface area contributed by atoms with Crippen LogP contribution in [0.5, 0.6) is 0 Å². The van der Waals surface area contributed by atoms with Crippen molar-refractivity contribution >= 4 is 17.7 Å². The first-order valence-electron chi connectivity index (χ1n) is 4.69. The molecule has 0 atom stereocenters. The molecule has 0 aliphatic carbocycles. The Balaban J connectivity index is 3.33. The molecule has 0 unspecified atom stereocenters. The summed E-state index contributed by atoms with van der Waals surface area (Å²) in [5, 5.41) is 0. The minimum Gasteiger partial charge on any atom is -0.464 e. The zero-order valence-corrected chi connectivity index (χ0v) is 9.64. The van der Waals surface area contributed by atoms with Gasteiger partial charge in [-0.2, -0.15) is 0 Å². The third kappa shape index (κ3) is 2.87. The lowest BCUT2D eigenvalue weighted by Crippen LogP contribution is -2.12. The van der Waals surface area contributed by atoms with Crippen molar-refractivity contribution in [3.63, 3.8) is 0 Å². The van der Waals surface area contributed by atoms with Gasteiger partial charge in [0.1, 0.15) is 11.4 Å². The lowest BCUT2D eigenvalue weighted by Gasteiger charge is -2.04. The van der Waals surface area contributed by atoms with Crippen molar-refractivity contribution in [3.05, 3.63) is 29.1 Å². The quantitative estimate of drug-likeness (QED) is 0.572. The number of hydrogen-bond acceptors (Lipinski definition) is 6. The van der Waals surface area contributed by atoms with Gasteiger partial charge in [-0.15, -0.1) is 0 Å². The van der Waals surface area contributed by atoms with Gasteiger partial charge < -0.3 is 9.47 Å². The largest absolute Gasteiger partial charge is 0.464 e. The molecular weight excluding hydrogens is 226 g/mol. The molecule has 0 bridgehead atoms. The van der Waals surface area contributed by atoms with E-state index in [1.54, 1.807) is 0 Å². The molecule has 1 heterocycles. The van der Waals surface area contributed by atoms with Gasteiger partial charge in [0.2, 0.25) is 0 Å². The molecule has 17 heavy (non-hydrogen) atoms. The van der Waals surface area contributed by atoms with Crippen molar-refractivity contribution in [2.75, 3.05) is 14.2 Å². The number of nitrogens with zero attached hydrogens (tertiary/aromatic N) is 1. The van der Waals surface area contributed by atoms with Gasteiger partial charge in [-0.25, -0.2) is 14.6 Å². The Kier molecular flexibility index (Phi) is 3.92. The van der Waals surface area contributed by atoms with Crippen molar-refractivity contribution in [1.82, 2.24) is 4.98 Å². The first-order chi connectivity index (χ1) is 7.99. The second-order valence-electron chi connectivity index (χ2n) is 3.17.